The molecule has 1 aromatic heterocycles. The fraction of sp³-hybridized carbons (Fsp3) is 0.450. The van der Waals surface area contributed by atoms with E-state index in [1.807, 2.05) is 0 Å². The second kappa shape index (κ2) is 11.1. The van der Waals surface area contributed by atoms with Crippen LogP contribution in [0, 0.1) is 5.92 Å². The van der Waals surface area contributed by atoms with Gasteiger partial charge >= 0.3 is 0 Å². The molecule has 0 aliphatic carbocycles. The molecule has 1 atom stereocenters. The van der Waals surface area contributed by atoms with E-state index in [-0.39, 0.29) is 24.0 Å². The predicted molar refractivity (Wildman–Crippen MR) is 121 cm³/mol. The Hall–Kier alpha value is -1.70. The Morgan fingerprint density at radius 1 is 1.12 bits per heavy atom. The molecule has 5 nitrogen and oxygen atoms in total. The Kier molecular flexibility index (Phi) is 8.80. The lowest BCUT2D eigenvalue weighted by molar-refractivity contribution is 0.596. The summed E-state index contributed by atoms with van der Waals surface area (Å²) < 4.78 is 2.17. The standard InChI is InChI=1S/C20H29N5.HI/c1-2-21-20(22-11-15-24-12-6-7-13-24)23-16-18-10-14-25(17-18)19-8-4-3-5-9-19;/h3-9,12-13,18H,2,10-11,14-17H2,1H3,(H2,21,22,23);1H. The molecule has 3 rings (SSSR count). The van der Waals surface area contributed by atoms with Crippen LogP contribution in [-0.4, -0.2) is 43.3 Å². The zero-order chi connectivity index (χ0) is 17.3. The van der Waals surface area contributed by atoms with Crippen LogP contribution in [0.1, 0.15) is 13.3 Å². The minimum absolute atomic E-state index is 0. The maximum absolute atomic E-state index is 4.80. The molecule has 1 unspecified atom stereocenters. The van der Waals surface area contributed by atoms with Gasteiger partial charge in [-0.05, 0) is 43.5 Å². The number of benzene rings is 1. The highest BCUT2D eigenvalue weighted by molar-refractivity contribution is 14.0. The second-order valence-corrected chi connectivity index (χ2v) is 6.50. The smallest absolute Gasteiger partial charge is 0.191 e. The van der Waals surface area contributed by atoms with Gasteiger partial charge in [-0.1, -0.05) is 18.2 Å². The number of rotatable bonds is 7. The van der Waals surface area contributed by atoms with Gasteiger partial charge in [0.15, 0.2) is 5.96 Å². The van der Waals surface area contributed by atoms with Gasteiger partial charge in [0, 0.05) is 57.3 Å². The molecule has 0 saturated carbocycles. The molecule has 1 fully saturated rings. The monoisotopic (exact) mass is 467 g/mol. The first kappa shape index (κ1) is 20.6. The first-order valence-electron chi connectivity index (χ1n) is 9.28. The quantitative estimate of drug-likeness (QED) is 0.374. The van der Waals surface area contributed by atoms with Crippen LogP contribution in [0.3, 0.4) is 0 Å². The third-order valence-electron chi connectivity index (χ3n) is 4.59. The Morgan fingerprint density at radius 2 is 1.88 bits per heavy atom. The lowest BCUT2D eigenvalue weighted by Gasteiger charge is -2.18. The normalized spacial score (nSPS) is 17.0. The third-order valence-corrected chi connectivity index (χ3v) is 4.59. The number of nitrogens with one attached hydrogen (secondary N) is 2. The van der Waals surface area contributed by atoms with Gasteiger partial charge in [0.05, 0.1) is 0 Å². The van der Waals surface area contributed by atoms with E-state index < -0.39 is 0 Å². The fourth-order valence-electron chi connectivity index (χ4n) is 3.24. The molecule has 0 radical (unpaired) electrons. The SMILES string of the molecule is CCNC(=NCC1CCN(c2ccccc2)C1)NCCn1cccc1.I. The highest BCUT2D eigenvalue weighted by Crippen LogP contribution is 2.23. The van der Waals surface area contributed by atoms with Gasteiger partial charge in [0.25, 0.3) is 0 Å². The molecule has 2 N–H and O–H groups in total. The van der Waals surface area contributed by atoms with Crippen molar-refractivity contribution in [3.8, 4) is 0 Å². The van der Waals surface area contributed by atoms with E-state index in [2.05, 4.69) is 81.9 Å². The number of hydrogen-bond acceptors (Lipinski definition) is 2. The molecular weight excluding hydrogens is 437 g/mol. The van der Waals surface area contributed by atoms with Gasteiger partial charge in [-0.3, -0.25) is 4.99 Å². The van der Waals surface area contributed by atoms with E-state index in [0.717, 1.165) is 45.2 Å². The Balaban J connectivity index is 0.00000243. The van der Waals surface area contributed by atoms with E-state index in [0.29, 0.717) is 5.92 Å². The molecule has 1 saturated heterocycles. The van der Waals surface area contributed by atoms with Crippen LogP contribution in [0.5, 0.6) is 0 Å². The fourth-order valence-corrected chi connectivity index (χ4v) is 3.24. The van der Waals surface area contributed by atoms with Crippen molar-refractivity contribution < 1.29 is 0 Å². The summed E-state index contributed by atoms with van der Waals surface area (Å²) in [5.41, 5.74) is 1.32. The van der Waals surface area contributed by atoms with Gasteiger partial charge in [-0.25, -0.2) is 0 Å². The summed E-state index contributed by atoms with van der Waals surface area (Å²) >= 11 is 0. The lowest BCUT2D eigenvalue weighted by Crippen LogP contribution is -2.39. The number of nitrogens with zero attached hydrogens (tertiary/aromatic N) is 3. The first-order chi connectivity index (χ1) is 12.3. The van der Waals surface area contributed by atoms with Gasteiger partial charge in [-0.2, -0.15) is 0 Å². The molecule has 1 aliphatic heterocycles. The van der Waals surface area contributed by atoms with Crippen molar-refractivity contribution in [1.82, 2.24) is 15.2 Å². The molecular formula is C20H30IN5. The van der Waals surface area contributed by atoms with E-state index in [4.69, 9.17) is 4.99 Å². The van der Waals surface area contributed by atoms with Crippen LogP contribution in [0.4, 0.5) is 5.69 Å². The molecule has 1 aliphatic rings. The van der Waals surface area contributed by atoms with Crippen LogP contribution in [0.25, 0.3) is 0 Å². The summed E-state index contributed by atoms with van der Waals surface area (Å²) in [5.74, 6) is 1.55. The molecule has 6 heteroatoms. The van der Waals surface area contributed by atoms with Crippen molar-refractivity contribution >= 4 is 35.6 Å². The van der Waals surface area contributed by atoms with Crippen molar-refractivity contribution in [2.75, 3.05) is 37.6 Å². The minimum Gasteiger partial charge on any atom is -0.371 e. The summed E-state index contributed by atoms with van der Waals surface area (Å²) in [7, 11) is 0. The van der Waals surface area contributed by atoms with Gasteiger partial charge < -0.3 is 20.1 Å². The van der Waals surface area contributed by atoms with Crippen molar-refractivity contribution in [3.63, 3.8) is 0 Å². The average molecular weight is 467 g/mol. The van der Waals surface area contributed by atoms with E-state index in [1.165, 1.54) is 12.1 Å². The van der Waals surface area contributed by atoms with Crippen LogP contribution < -0.4 is 15.5 Å². The predicted octanol–water partition coefficient (Wildman–Crippen LogP) is 3.19. The summed E-state index contributed by atoms with van der Waals surface area (Å²) in [6, 6.07) is 14.8. The first-order valence-corrected chi connectivity index (χ1v) is 9.28. The molecule has 2 aromatic rings. The van der Waals surface area contributed by atoms with Crippen molar-refractivity contribution in [1.29, 1.82) is 0 Å². The van der Waals surface area contributed by atoms with E-state index in [1.54, 1.807) is 0 Å². The summed E-state index contributed by atoms with van der Waals surface area (Å²) in [5, 5.41) is 6.78. The lowest BCUT2D eigenvalue weighted by atomic mass is 10.1. The minimum atomic E-state index is 0. The largest absolute Gasteiger partial charge is 0.371 e. The zero-order valence-corrected chi connectivity index (χ0v) is 17.8. The number of para-hydroxylation sites is 1. The second-order valence-electron chi connectivity index (χ2n) is 6.50. The number of hydrogen-bond donors (Lipinski definition) is 2. The number of halogens is 1. The van der Waals surface area contributed by atoms with E-state index in [9.17, 15) is 0 Å². The Bertz CT molecular complexity index is 641. The summed E-state index contributed by atoms with van der Waals surface area (Å²) in [4.78, 5) is 7.27. The number of aliphatic imine (C=N–C) groups is 1. The highest BCUT2D eigenvalue weighted by atomic mass is 127. The Labute approximate surface area is 173 Å². The van der Waals surface area contributed by atoms with Gasteiger partial charge in [0.1, 0.15) is 0 Å². The Morgan fingerprint density at radius 3 is 2.62 bits per heavy atom. The summed E-state index contributed by atoms with van der Waals surface area (Å²) in [6.45, 7) is 7.91. The van der Waals surface area contributed by atoms with Crippen LogP contribution >= 0.6 is 24.0 Å². The zero-order valence-electron chi connectivity index (χ0n) is 15.5. The van der Waals surface area contributed by atoms with Gasteiger partial charge in [0.2, 0.25) is 0 Å². The molecule has 0 amide bonds. The molecule has 26 heavy (non-hydrogen) atoms. The van der Waals surface area contributed by atoms with Gasteiger partial charge in [-0.15, -0.1) is 24.0 Å². The molecule has 2 heterocycles. The summed E-state index contributed by atoms with van der Waals surface area (Å²) in [6.07, 6.45) is 5.38. The maximum atomic E-state index is 4.80. The average Bonchev–Trinajstić information content (AvgIpc) is 3.32. The number of anilines is 1. The van der Waals surface area contributed by atoms with Crippen LogP contribution in [0.2, 0.25) is 0 Å². The number of guanidine groups is 1. The maximum Gasteiger partial charge on any atom is 0.191 e. The van der Waals surface area contributed by atoms with Crippen LogP contribution in [-0.2, 0) is 6.54 Å². The number of aromatic nitrogens is 1. The topological polar surface area (TPSA) is 44.6 Å². The molecule has 0 spiro atoms. The molecule has 0 bridgehead atoms. The van der Waals surface area contributed by atoms with Crippen molar-refractivity contribution in [2.45, 2.75) is 19.9 Å². The van der Waals surface area contributed by atoms with Crippen molar-refractivity contribution in [3.05, 3.63) is 54.9 Å². The van der Waals surface area contributed by atoms with E-state index >= 15 is 0 Å². The van der Waals surface area contributed by atoms with Crippen molar-refractivity contribution in [2.24, 2.45) is 10.9 Å². The highest BCUT2D eigenvalue weighted by Gasteiger charge is 2.22. The van der Waals surface area contributed by atoms with Crippen LogP contribution in [0.15, 0.2) is 59.9 Å². The molecule has 142 valence electrons. The third kappa shape index (κ3) is 6.23. The molecule has 1 aromatic carbocycles.